The molecule has 3 rings (SSSR count). The second-order valence-corrected chi connectivity index (χ2v) is 7.03. The molecule has 0 aliphatic carbocycles. The van der Waals surface area contributed by atoms with Gasteiger partial charge >= 0.3 is 0 Å². The minimum Gasteiger partial charge on any atom is -0.480 e. The Labute approximate surface area is 155 Å². The Hall–Kier alpha value is -2.11. The Kier molecular flexibility index (Phi) is 6.47. The molecule has 2 aromatic carbocycles. The van der Waals surface area contributed by atoms with Gasteiger partial charge in [0.1, 0.15) is 5.75 Å². The smallest absolute Gasteiger partial charge is 0.260 e. The molecule has 1 aliphatic heterocycles. The number of likely N-dealkylation sites (N-methyl/N-ethyl adjacent to an activating group) is 1. The van der Waals surface area contributed by atoms with E-state index in [9.17, 15) is 4.79 Å². The number of hydrogen-bond acceptors (Lipinski definition) is 4. The molecule has 2 aromatic rings. The molecule has 1 amide bonds. The van der Waals surface area contributed by atoms with Crippen LogP contribution in [-0.4, -0.2) is 68.1 Å². The fourth-order valence-electron chi connectivity index (χ4n) is 3.27. The molecule has 0 aromatic heterocycles. The lowest BCUT2D eigenvalue weighted by Crippen LogP contribution is -2.45. The van der Waals surface area contributed by atoms with E-state index < -0.39 is 6.10 Å². The zero-order chi connectivity index (χ0) is 18.4. The summed E-state index contributed by atoms with van der Waals surface area (Å²) in [5.74, 6) is 0.694. The average molecular weight is 355 g/mol. The molecule has 26 heavy (non-hydrogen) atoms. The number of nitrogens with one attached hydrogen (secondary N) is 1. The number of benzene rings is 2. The van der Waals surface area contributed by atoms with E-state index in [2.05, 4.69) is 22.2 Å². The molecule has 1 N–H and O–H groups in total. The van der Waals surface area contributed by atoms with Crippen molar-refractivity contribution in [3.05, 3.63) is 42.5 Å². The Balaban J connectivity index is 1.43. The summed E-state index contributed by atoms with van der Waals surface area (Å²) in [5, 5.41) is 5.15. The number of ether oxygens (including phenoxy) is 1. The number of carbonyl (C=O) groups is 1. The minimum absolute atomic E-state index is 0.0590. The van der Waals surface area contributed by atoms with Crippen molar-refractivity contribution in [3.8, 4) is 5.75 Å². The van der Waals surface area contributed by atoms with Crippen LogP contribution in [0.1, 0.15) is 13.3 Å². The van der Waals surface area contributed by atoms with Gasteiger partial charge in [0, 0.05) is 38.1 Å². The van der Waals surface area contributed by atoms with Gasteiger partial charge in [-0.1, -0.05) is 36.4 Å². The first-order valence-electron chi connectivity index (χ1n) is 9.46. The predicted octanol–water partition coefficient (Wildman–Crippen LogP) is 2.36. The van der Waals surface area contributed by atoms with Gasteiger partial charge in [0.2, 0.25) is 0 Å². The lowest BCUT2D eigenvalue weighted by Gasteiger charge is -2.32. The summed E-state index contributed by atoms with van der Waals surface area (Å²) < 4.78 is 5.92. The first kappa shape index (κ1) is 18.7. The Morgan fingerprint density at radius 1 is 1.12 bits per heavy atom. The molecule has 0 unspecified atom stereocenters. The van der Waals surface area contributed by atoms with Gasteiger partial charge in [-0.05, 0) is 38.4 Å². The van der Waals surface area contributed by atoms with Crippen LogP contribution in [0.3, 0.4) is 0 Å². The Morgan fingerprint density at radius 3 is 2.65 bits per heavy atom. The quantitative estimate of drug-likeness (QED) is 0.775. The second-order valence-electron chi connectivity index (χ2n) is 7.03. The van der Waals surface area contributed by atoms with Crippen LogP contribution in [0.25, 0.3) is 10.8 Å². The van der Waals surface area contributed by atoms with Crippen LogP contribution in [0.15, 0.2) is 42.5 Å². The lowest BCUT2D eigenvalue weighted by atomic mass is 10.1. The fourth-order valence-corrected chi connectivity index (χ4v) is 3.27. The summed E-state index contributed by atoms with van der Waals surface area (Å²) in [6.07, 6.45) is 0.459. The molecule has 1 atom stereocenters. The zero-order valence-electron chi connectivity index (χ0n) is 15.8. The van der Waals surface area contributed by atoms with Gasteiger partial charge in [0.15, 0.2) is 6.10 Å². The first-order valence-corrected chi connectivity index (χ1v) is 9.46. The monoisotopic (exact) mass is 355 g/mol. The molecule has 0 saturated carbocycles. The highest BCUT2D eigenvalue weighted by molar-refractivity contribution is 5.89. The van der Waals surface area contributed by atoms with Gasteiger partial charge in [0.25, 0.3) is 5.91 Å². The third kappa shape index (κ3) is 4.96. The van der Waals surface area contributed by atoms with Crippen LogP contribution in [0.5, 0.6) is 5.75 Å². The van der Waals surface area contributed by atoms with Crippen LogP contribution >= 0.6 is 0 Å². The maximum atomic E-state index is 12.3. The van der Waals surface area contributed by atoms with Gasteiger partial charge in [-0.15, -0.1) is 0 Å². The maximum Gasteiger partial charge on any atom is 0.260 e. The SMILES string of the molecule is C[C@@H](Oc1cccc2ccccc12)C(=O)NCCCN1CCN(C)CC1. The molecule has 1 saturated heterocycles. The lowest BCUT2D eigenvalue weighted by molar-refractivity contribution is -0.127. The van der Waals surface area contributed by atoms with E-state index in [0.29, 0.717) is 6.54 Å². The summed E-state index contributed by atoms with van der Waals surface area (Å²) in [4.78, 5) is 17.1. The van der Waals surface area contributed by atoms with E-state index in [0.717, 1.165) is 55.7 Å². The molecule has 1 aliphatic rings. The first-order chi connectivity index (χ1) is 12.6. The number of rotatable bonds is 7. The Morgan fingerprint density at radius 2 is 1.85 bits per heavy atom. The summed E-state index contributed by atoms with van der Waals surface area (Å²) in [6.45, 7) is 8.01. The van der Waals surface area contributed by atoms with Crippen molar-refractivity contribution in [2.45, 2.75) is 19.4 Å². The van der Waals surface area contributed by atoms with E-state index in [4.69, 9.17) is 4.74 Å². The number of amides is 1. The average Bonchev–Trinajstić information content (AvgIpc) is 2.66. The highest BCUT2D eigenvalue weighted by Gasteiger charge is 2.16. The topological polar surface area (TPSA) is 44.8 Å². The van der Waals surface area contributed by atoms with Crippen LogP contribution in [-0.2, 0) is 4.79 Å². The van der Waals surface area contributed by atoms with E-state index in [1.165, 1.54) is 0 Å². The van der Waals surface area contributed by atoms with Gasteiger partial charge in [-0.25, -0.2) is 0 Å². The van der Waals surface area contributed by atoms with E-state index >= 15 is 0 Å². The molecule has 0 radical (unpaired) electrons. The van der Waals surface area contributed by atoms with E-state index in [-0.39, 0.29) is 5.91 Å². The Bertz CT molecular complexity index is 721. The molecule has 5 heteroatoms. The number of fused-ring (bicyclic) bond motifs is 1. The van der Waals surface area contributed by atoms with Crippen LogP contribution in [0.4, 0.5) is 0 Å². The predicted molar refractivity (Wildman–Crippen MR) is 106 cm³/mol. The summed E-state index contributed by atoms with van der Waals surface area (Å²) >= 11 is 0. The fraction of sp³-hybridized carbons (Fsp3) is 0.476. The molecule has 5 nitrogen and oxygen atoms in total. The van der Waals surface area contributed by atoms with Crippen molar-refractivity contribution >= 4 is 16.7 Å². The minimum atomic E-state index is -0.510. The summed E-state index contributed by atoms with van der Waals surface area (Å²) in [6, 6.07) is 14.0. The molecule has 0 spiro atoms. The summed E-state index contributed by atoms with van der Waals surface area (Å²) in [7, 11) is 2.16. The van der Waals surface area contributed by atoms with Crippen LogP contribution in [0, 0.1) is 0 Å². The molecular formula is C21H29N3O2. The van der Waals surface area contributed by atoms with Crippen molar-refractivity contribution in [2.24, 2.45) is 0 Å². The molecular weight excluding hydrogens is 326 g/mol. The van der Waals surface area contributed by atoms with Crippen molar-refractivity contribution in [2.75, 3.05) is 46.3 Å². The molecule has 1 fully saturated rings. The second kappa shape index (κ2) is 9.01. The van der Waals surface area contributed by atoms with Crippen molar-refractivity contribution in [1.29, 1.82) is 0 Å². The van der Waals surface area contributed by atoms with Crippen molar-refractivity contribution < 1.29 is 9.53 Å². The third-order valence-electron chi connectivity index (χ3n) is 4.97. The number of nitrogens with zero attached hydrogens (tertiary/aromatic N) is 2. The van der Waals surface area contributed by atoms with Gasteiger partial charge < -0.3 is 19.9 Å². The van der Waals surface area contributed by atoms with Crippen molar-refractivity contribution in [1.82, 2.24) is 15.1 Å². The molecule has 1 heterocycles. The highest BCUT2D eigenvalue weighted by atomic mass is 16.5. The number of piperazine rings is 1. The standard InChI is InChI=1S/C21H29N3O2/c1-17(26-20-10-5-8-18-7-3-4-9-19(18)20)21(25)22-11-6-12-24-15-13-23(2)14-16-24/h3-5,7-10,17H,6,11-16H2,1-2H3,(H,22,25)/t17-/m1/s1. The van der Waals surface area contributed by atoms with E-state index in [1.807, 2.05) is 42.5 Å². The zero-order valence-corrected chi connectivity index (χ0v) is 15.8. The van der Waals surface area contributed by atoms with Gasteiger partial charge in [-0.3, -0.25) is 4.79 Å². The largest absolute Gasteiger partial charge is 0.480 e. The normalized spacial score (nSPS) is 17.2. The highest BCUT2D eigenvalue weighted by Crippen LogP contribution is 2.25. The third-order valence-corrected chi connectivity index (χ3v) is 4.97. The number of carbonyl (C=O) groups excluding carboxylic acids is 1. The maximum absolute atomic E-state index is 12.3. The van der Waals surface area contributed by atoms with Gasteiger partial charge in [0.05, 0.1) is 0 Å². The van der Waals surface area contributed by atoms with Gasteiger partial charge in [-0.2, -0.15) is 0 Å². The molecule has 140 valence electrons. The van der Waals surface area contributed by atoms with E-state index in [1.54, 1.807) is 6.92 Å². The summed E-state index contributed by atoms with van der Waals surface area (Å²) in [5.41, 5.74) is 0. The van der Waals surface area contributed by atoms with Crippen molar-refractivity contribution in [3.63, 3.8) is 0 Å². The molecule has 0 bridgehead atoms. The van der Waals surface area contributed by atoms with Crippen LogP contribution in [0.2, 0.25) is 0 Å². The number of hydrogen-bond donors (Lipinski definition) is 1. The van der Waals surface area contributed by atoms with Crippen LogP contribution < -0.4 is 10.1 Å².